The molecule has 0 saturated heterocycles. The van der Waals surface area contributed by atoms with Gasteiger partial charge < -0.3 is 20.0 Å². The van der Waals surface area contributed by atoms with Gasteiger partial charge in [-0.15, -0.1) is 0 Å². The van der Waals surface area contributed by atoms with Crippen LogP contribution in [0.1, 0.15) is 113 Å². The molecule has 0 spiro atoms. The maximum Gasteiger partial charge on any atom is 0.129 e. The van der Waals surface area contributed by atoms with Gasteiger partial charge in [0.25, 0.3) is 0 Å². The van der Waals surface area contributed by atoms with Gasteiger partial charge in [-0.05, 0) is 82.7 Å². The van der Waals surface area contributed by atoms with E-state index in [-0.39, 0.29) is 25.9 Å². The molecule has 0 amide bonds. The molecule has 0 bridgehead atoms. The molecule has 2 aromatic carbocycles. The van der Waals surface area contributed by atoms with Crippen LogP contribution in [0.4, 0.5) is 0 Å². The Morgan fingerprint density at radius 1 is 0.878 bits per heavy atom. The van der Waals surface area contributed by atoms with Crippen LogP contribution in [0.5, 0.6) is 0 Å². The standard InChI is InChI=1S/C10H11N.C9H12.C5H10O.C4H10.C3H8O.C2H6O.C2H6S.CH4/c1-2-8-7-11-10-6-4-3-5-9(8)10;1-3-9-6-4-8(2)5-7-9;1-3-4-5(2)6;1-4(2)3;1-3(2)4;2*1-2-3;/h3-7,11H,2H2,1H3;4-7H,3H2,1-2H3;3-4H2,1-2H3;4H,1-3H3;3-4H,1-2H3;2*3H,2H2,1H3;1H4. The average molecular weight is 594 g/mol. The fourth-order valence-corrected chi connectivity index (χ4v) is 2.60. The Hall–Kier alpha value is -2.08. The number of Topliss-reactive ketones (excluding diaryl/α,β-unsaturated/α-hetero) is 1. The van der Waals surface area contributed by atoms with E-state index >= 15 is 0 Å². The number of H-pyrrole nitrogens is 1. The summed E-state index contributed by atoms with van der Waals surface area (Å²) in [6.45, 7) is 23.9. The highest BCUT2D eigenvalue weighted by molar-refractivity contribution is 7.80. The number of carbonyl (C=O) groups excluding carboxylic acids is 1. The molecule has 0 aliphatic rings. The first-order chi connectivity index (χ1) is 18.8. The van der Waals surface area contributed by atoms with Gasteiger partial charge in [-0.2, -0.15) is 12.6 Å². The number of rotatable bonds is 4. The normalized spacial score (nSPS) is 8.80. The van der Waals surface area contributed by atoms with Gasteiger partial charge in [0.1, 0.15) is 5.78 Å². The highest BCUT2D eigenvalue weighted by Crippen LogP contribution is 2.17. The van der Waals surface area contributed by atoms with Crippen LogP contribution in [0, 0.1) is 12.8 Å². The summed E-state index contributed by atoms with van der Waals surface area (Å²) in [5.74, 6) is 2.07. The van der Waals surface area contributed by atoms with E-state index in [1.807, 2.05) is 13.8 Å². The molecule has 240 valence electrons. The molecule has 0 aliphatic heterocycles. The molecule has 0 atom stereocenters. The minimum atomic E-state index is -0.167. The Morgan fingerprint density at radius 2 is 1.29 bits per heavy atom. The van der Waals surface area contributed by atoms with Gasteiger partial charge in [0.2, 0.25) is 0 Å². The summed E-state index contributed by atoms with van der Waals surface area (Å²) in [5, 5.41) is 17.0. The van der Waals surface area contributed by atoms with Crippen LogP contribution >= 0.6 is 12.6 Å². The number of para-hydroxylation sites is 1. The predicted octanol–water partition coefficient (Wildman–Crippen LogP) is 10.3. The molecular formula is C36H67NO3S. The molecule has 0 aliphatic carbocycles. The van der Waals surface area contributed by atoms with Crippen molar-refractivity contribution < 1.29 is 15.0 Å². The molecule has 3 aromatic rings. The summed E-state index contributed by atoms with van der Waals surface area (Å²) in [6, 6.07) is 17.1. The lowest BCUT2D eigenvalue weighted by Crippen LogP contribution is -1.85. The Bertz CT molecular complexity index is 889. The highest BCUT2D eigenvalue weighted by atomic mass is 32.1. The van der Waals surface area contributed by atoms with E-state index in [4.69, 9.17) is 10.2 Å². The van der Waals surface area contributed by atoms with Crippen molar-refractivity contribution in [2.24, 2.45) is 5.92 Å². The molecule has 5 heteroatoms. The monoisotopic (exact) mass is 593 g/mol. The lowest BCUT2D eigenvalue weighted by atomic mass is 10.1. The largest absolute Gasteiger partial charge is 0.397 e. The Morgan fingerprint density at radius 3 is 1.61 bits per heavy atom. The van der Waals surface area contributed by atoms with Crippen LogP contribution in [0.25, 0.3) is 10.9 Å². The van der Waals surface area contributed by atoms with Crippen molar-refractivity contribution in [1.29, 1.82) is 0 Å². The second-order valence-electron chi connectivity index (χ2n) is 9.96. The van der Waals surface area contributed by atoms with Gasteiger partial charge in [-0.1, -0.05) is 104 Å². The summed E-state index contributed by atoms with van der Waals surface area (Å²) in [6.07, 6.45) is 5.88. The number of ketones is 1. The number of carbonyl (C=O) groups is 1. The number of hydrogen-bond acceptors (Lipinski definition) is 4. The van der Waals surface area contributed by atoms with Crippen LogP contribution < -0.4 is 0 Å². The van der Waals surface area contributed by atoms with E-state index in [0.29, 0.717) is 0 Å². The van der Waals surface area contributed by atoms with E-state index in [1.54, 1.807) is 27.7 Å². The van der Waals surface area contributed by atoms with Crippen molar-refractivity contribution in [3.05, 3.63) is 71.4 Å². The van der Waals surface area contributed by atoms with Gasteiger partial charge in [0.05, 0.1) is 0 Å². The van der Waals surface area contributed by atoms with Gasteiger partial charge in [0.15, 0.2) is 0 Å². The molecule has 3 N–H and O–H groups in total. The first kappa shape index (κ1) is 48.6. The predicted molar refractivity (Wildman–Crippen MR) is 191 cm³/mol. The number of benzene rings is 2. The minimum absolute atomic E-state index is 0. The molecule has 0 unspecified atom stereocenters. The van der Waals surface area contributed by atoms with E-state index in [0.717, 1.165) is 37.4 Å². The second kappa shape index (κ2) is 35.9. The molecule has 0 fully saturated rings. The number of fused-ring (bicyclic) bond motifs is 1. The summed E-state index contributed by atoms with van der Waals surface area (Å²) < 4.78 is 0. The fraction of sp³-hybridized carbons (Fsp3) is 0.583. The Balaban J connectivity index is -0.000000131. The van der Waals surface area contributed by atoms with Crippen LogP contribution in [0.2, 0.25) is 0 Å². The third-order valence-corrected chi connectivity index (χ3v) is 4.19. The SMILES string of the molecule is C.CC(C)C.CC(C)O.CCCC(C)=O.CCO.CCS.CCc1c[nH]c2ccccc12.CCc1ccc(C)cc1. The van der Waals surface area contributed by atoms with E-state index in [1.165, 1.54) is 27.6 Å². The molecule has 41 heavy (non-hydrogen) atoms. The molecule has 0 radical (unpaired) electrons. The summed E-state index contributed by atoms with van der Waals surface area (Å²) in [4.78, 5) is 13.3. The molecule has 1 aromatic heterocycles. The van der Waals surface area contributed by atoms with E-state index < -0.39 is 0 Å². The van der Waals surface area contributed by atoms with Crippen molar-refractivity contribution >= 4 is 29.3 Å². The average Bonchev–Trinajstić information content (AvgIpc) is 3.29. The first-order valence-corrected chi connectivity index (χ1v) is 15.4. The van der Waals surface area contributed by atoms with Crippen molar-refractivity contribution in [1.82, 2.24) is 4.98 Å². The van der Waals surface area contributed by atoms with Crippen LogP contribution in [-0.2, 0) is 17.6 Å². The van der Waals surface area contributed by atoms with Crippen molar-refractivity contribution in [2.45, 2.75) is 122 Å². The zero-order valence-corrected chi connectivity index (χ0v) is 28.7. The van der Waals surface area contributed by atoms with Gasteiger partial charge in [-0.25, -0.2) is 0 Å². The number of aliphatic hydroxyl groups is 2. The summed E-state index contributed by atoms with van der Waals surface area (Å²) in [5.41, 5.74) is 5.40. The van der Waals surface area contributed by atoms with Gasteiger partial charge in [-0.3, -0.25) is 0 Å². The number of thiol groups is 1. The van der Waals surface area contributed by atoms with Gasteiger partial charge in [0, 0.05) is 36.2 Å². The first-order valence-electron chi connectivity index (χ1n) is 14.8. The number of aliphatic hydroxyl groups excluding tert-OH is 2. The smallest absolute Gasteiger partial charge is 0.129 e. The summed E-state index contributed by atoms with van der Waals surface area (Å²) >= 11 is 3.79. The number of nitrogens with one attached hydrogen (secondary N) is 1. The number of aryl methyl sites for hydroxylation is 3. The molecular weight excluding hydrogens is 526 g/mol. The Labute approximate surface area is 260 Å². The van der Waals surface area contributed by atoms with Gasteiger partial charge >= 0.3 is 0 Å². The second-order valence-corrected chi connectivity index (χ2v) is 10.6. The maximum absolute atomic E-state index is 10.0. The van der Waals surface area contributed by atoms with E-state index in [9.17, 15) is 4.79 Å². The topological polar surface area (TPSA) is 73.3 Å². The lowest BCUT2D eigenvalue weighted by Gasteiger charge is -1.94. The number of aromatic nitrogens is 1. The van der Waals surface area contributed by atoms with Crippen LogP contribution in [0.15, 0.2) is 54.7 Å². The minimum Gasteiger partial charge on any atom is -0.397 e. The maximum atomic E-state index is 10.0. The fourth-order valence-electron chi connectivity index (χ4n) is 2.60. The van der Waals surface area contributed by atoms with Crippen molar-refractivity contribution in [3.63, 3.8) is 0 Å². The Kier molecular flexibility index (Phi) is 42.6. The number of hydrogen-bond donors (Lipinski definition) is 4. The molecule has 4 nitrogen and oxygen atoms in total. The summed E-state index contributed by atoms with van der Waals surface area (Å²) in [7, 11) is 0. The molecule has 3 rings (SSSR count). The van der Waals surface area contributed by atoms with Crippen LogP contribution in [0.3, 0.4) is 0 Å². The van der Waals surface area contributed by atoms with Crippen molar-refractivity contribution in [2.75, 3.05) is 12.4 Å². The lowest BCUT2D eigenvalue weighted by molar-refractivity contribution is -0.117. The highest BCUT2D eigenvalue weighted by Gasteiger charge is 1.98. The third-order valence-electron chi connectivity index (χ3n) is 4.19. The zero-order chi connectivity index (χ0) is 31.9. The quantitative estimate of drug-likeness (QED) is 0.227. The van der Waals surface area contributed by atoms with Crippen molar-refractivity contribution in [3.8, 4) is 0 Å². The third kappa shape index (κ3) is 40.1. The zero-order valence-electron chi connectivity index (χ0n) is 27.8. The molecule has 0 saturated carbocycles. The number of aromatic amines is 1. The van der Waals surface area contributed by atoms with E-state index in [2.05, 4.69) is 114 Å². The van der Waals surface area contributed by atoms with Crippen LogP contribution in [-0.4, -0.2) is 39.4 Å². The molecule has 1 heterocycles.